The molecule has 0 fully saturated rings. The minimum atomic E-state index is 0.253. The van der Waals surface area contributed by atoms with Crippen LogP contribution in [0, 0.1) is 6.92 Å². The Morgan fingerprint density at radius 3 is 3.00 bits per heavy atom. The molecular formula is C6H5BN4. The summed E-state index contributed by atoms with van der Waals surface area (Å²) >= 11 is 0. The first-order valence-electron chi connectivity index (χ1n) is 3.22. The van der Waals surface area contributed by atoms with E-state index in [1.54, 1.807) is 0 Å². The van der Waals surface area contributed by atoms with E-state index in [4.69, 9.17) is 7.85 Å². The molecule has 0 aromatic carbocycles. The predicted octanol–water partition coefficient (Wildman–Crippen LogP) is -0.773. The molecule has 0 saturated carbocycles. The quantitative estimate of drug-likeness (QED) is 0.455. The normalized spacial score (nSPS) is 10.6. The van der Waals surface area contributed by atoms with Gasteiger partial charge in [0.25, 0.3) is 0 Å². The second-order valence-corrected chi connectivity index (χ2v) is 2.29. The summed E-state index contributed by atoms with van der Waals surface area (Å²) in [6, 6.07) is 3.69. The van der Waals surface area contributed by atoms with E-state index in [-0.39, 0.29) is 5.72 Å². The Kier molecular flexibility index (Phi) is 1.18. The first-order valence-corrected chi connectivity index (χ1v) is 3.22. The van der Waals surface area contributed by atoms with Gasteiger partial charge in [0.1, 0.15) is 0 Å². The fourth-order valence-corrected chi connectivity index (χ4v) is 0.888. The molecule has 4 nitrogen and oxygen atoms in total. The molecule has 0 aliphatic carbocycles. The van der Waals surface area contributed by atoms with E-state index in [1.807, 2.05) is 19.1 Å². The lowest BCUT2D eigenvalue weighted by Crippen LogP contribution is -2.07. The van der Waals surface area contributed by atoms with Crippen LogP contribution < -0.4 is 5.72 Å². The summed E-state index contributed by atoms with van der Waals surface area (Å²) in [4.78, 5) is 3.92. The molecule has 0 N–H and O–H groups in total. The Labute approximate surface area is 64.7 Å². The number of aromatic nitrogens is 4. The molecule has 52 valence electrons. The fourth-order valence-electron chi connectivity index (χ4n) is 0.888. The lowest BCUT2D eigenvalue weighted by atomic mass is 10.1. The lowest BCUT2D eigenvalue weighted by molar-refractivity contribution is 0.788. The van der Waals surface area contributed by atoms with E-state index in [0.29, 0.717) is 5.65 Å². The maximum Gasteiger partial charge on any atom is 0.175 e. The van der Waals surface area contributed by atoms with Crippen LogP contribution in [0.4, 0.5) is 0 Å². The van der Waals surface area contributed by atoms with Crippen molar-refractivity contribution in [1.82, 2.24) is 19.8 Å². The number of aryl methyl sites for hydroxylation is 1. The van der Waals surface area contributed by atoms with Crippen molar-refractivity contribution in [3.63, 3.8) is 0 Å². The fraction of sp³-hybridized carbons (Fsp3) is 0.167. The summed E-state index contributed by atoms with van der Waals surface area (Å²) in [7, 11) is 5.36. The Bertz CT molecular complexity index is 394. The van der Waals surface area contributed by atoms with Gasteiger partial charge in [-0.1, -0.05) is 0 Å². The van der Waals surface area contributed by atoms with Crippen LogP contribution in [-0.4, -0.2) is 27.7 Å². The molecule has 0 unspecified atom stereocenters. The molecule has 2 aromatic heterocycles. The highest BCUT2D eigenvalue weighted by Gasteiger charge is 1.97. The average molecular weight is 144 g/mol. The van der Waals surface area contributed by atoms with Gasteiger partial charge in [-0.15, -0.1) is 9.73 Å². The van der Waals surface area contributed by atoms with Crippen molar-refractivity contribution in [1.29, 1.82) is 0 Å². The minimum Gasteiger partial charge on any atom is -0.222 e. The van der Waals surface area contributed by atoms with E-state index in [1.165, 1.54) is 4.63 Å². The highest BCUT2D eigenvalue weighted by atomic mass is 15.4. The predicted molar refractivity (Wildman–Crippen MR) is 40.9 cm³/mol. The number of fused-ring (bicyclic) bond motifs is 1. The molecule has 0 amide bonds. The third-order valence-electron chi connectivity index (χ3n) is 1.36. The average Bonchev–Trinajstić information content (AvgIpc) is 2.27. The molecule has 0 saturated heterocycles. The Balaban J connectivity index is 2.82. The number of nitrogens with zero attached hydrogens (tertiary/aromatic N) is 4. The molecule has 0 aliphatic heterocycles. The third-order valence-corrected chi connectivity index (χ3v) is 1.36. The zero-order valence-corrected chi connectivity index (χ0v) is 6.02. The van der Waals surface area contributed by atoms with Gasteiger partial charge in [0.2, 0.25) is 0 Å². The number of hydrogen-bond acceptors (Lipinski definition) is 3. The van der Waals surface area contributed by atoms with Gasteiger partial charge in [-0.2, -0.15) is 5.10 Å². The van der Waals surface area contributed by atoms with E-state index in [0.717, 1.165) is 5.69 Å². The molecule has 2 rings (SSSR count). The zero-order chi connectivity index (χ0) is 7.84. The largest absolute Gasteiger partial charge is 0.222 e. The van der Waals surface area contributed by atoms with E-state index >= 15 is 0 Å². The van der Waals surface area contributed by atoms with E-state index in [2.05, 4.69) is 15.2 Å². The second-order valence-electron chi connectivity index (χ2n) is 2.29. The molecule has 5 heteroatoms. The van der Waals surface area contributed by atoms with Crippen molar-refractivity contribution in [2.75, 3.05) is 0 Å². The highest BCUT2D eigenvalue weighted by Crippen LogP contribution is 1.94. The molecule has 2 radical (unpaired) electrons. The van der Waals surface area contributed by atoms with Crippen molar-refractivity contribution in [2.24, 2.45) is 0 Å². The summed E-state index contributed by atoms with van der Waals surface area (Å²) in [6.45, 7) is 1.89. The lowest BCUT2D eigenvalue weighted by Gasteiger charge is -1.90. The van der Waals surface area contributed by atoms with Gasteiger partial charge in [-0.3, -0.25) is 0 Å². The van der Waals surface area contributed by atoms with Crippen molar-refractivity contribution in [3.05, 3.63) is 17.8 Å². The van der Waals surface area contributed by atoms with Crippen molar-refractivity contribution in [3.8, 4) is 0 Å². The van der Waals surface area contributed by atoms with Crippen LogP contribution in [0.5, 0.6) is 0 Å². The summed E-state index contributed by atoms with van der Waals surface area (Å²) in [5.74, 6) is 0. The monoisotopic (exact) mass is 144 g/mol. The van der Waals surface area contributed by atoms with Crippen LogP contribution in [0.3, 0.4) is 0 Å². The van der Waals surface area contributed by atoms with E-state index < -0.39 is 0 Å². The van der Waals surface area contributed by atoms with Crippen LogP contribution in [0.15, 0.2) is 12.1 Å². The van der Waals surface area contributed by atoms with Gasteiger partial charge in [-0.25, -0.2) is 4.98 Å². The SMILES string of the molecule is [B]c1nc2ccc(C)nn2n1. The van der Waals surface area contributed by atoms with Crippen LogP contribution in [-0.2, 0) is 0 Å². The highest BCUT2D eigenvalue weighted by molar-refractivity contribution is 6.29. The molecule has 0 aliphatic rings. The van der Waals surface area contributed by atoms with Crippen molar-refractivity contribution in [2.45, 2.75) is 6.92 Å². The number of rotatable bonds is 0. The van der Waals surface area contributed by atoms with Crippen LogP contribution in [0.2, 0.25) is 0 Å². The maximum atomic E-state index is 5.36. The van der Waals surface area contributed by atoms with Crippen LogP contribution in [0.1, 0.15) is 5.69 Å². The molecule has 2 heterocycles. The van der Waals surface area contributed by atoms with Gasteiger partial charge in [0.15, 0.2) is 13.5 Å². The standard InChI is InChI=1S/C6H5BN4/c1-4-2-3-5-8-6(7)10-11(5)9-4/h2-3H,1H3. The van der Waals surface area contributed by atoms with Gasteiger partial charge in [-0.05, 0) is 19.1 Å². The number of hydrogen-bond donors (Lipinski definition) is 0. The van der Waals surface area contributed by atoms with Gasteiger partial charge >= 0.3 is 0 Å². The topological polar surface area (TPSA) is 43.1 Å². The molecule has 11 heavy (non-hydrogen) atoms. The Hall–Kier alpha value is -1.39. The van der Waals surface area contributed by atoms with E-state index in [9.17, 15) is 0 Å². The zero-order valence-electron chi connectivity index (χ0n) is 6.02. The molecule has 0 bridgehead atoms. The molecule has 0 atom stereocenters. The van der Waals surface area contributed by atoms with Crippen molar-refractivity contribution < 1.29 is 0 Å². The van der Waals surface area contributed by atoms with Gasteiger partial charge in [0.05, 0.1) is 11.4 Å². The Morgan fingerprint density at radius 2 is 2.18 bits per heavy atom. The van der Waals surface area contributed by atoms with Crippen LogP contribution >= 0.6 is 0 Å². The maximum absolute atomic E-state index is 5.36. The summed E-state index contributed by atoms with van der Waals surface area (Å²) < 4.78 is 1.42. The first kappa shape index (κ1) is 6.33. The van der Waals surface area contributed by atoms with Gasteiger partial charge < -0.3 is 0 Å². The minimum absolute atomic E-state index is 0.253. The molecule has 2 aromatic rings. The first-order chi connectivity index (χ1) is 5.25. The summed E-state index contributed by atoms with van der Waals surface area (Å²) in [5, 5.41) is 7.91. The Morgan fingerprint density at radius 1 is 1.36 bits per heavy atom. The third kappa shape index (κ3) is 0.980. The second kappa shape index (κ2) is 2.05. The summed E-state index contributed by atoms with van der Waals surface area (Å²) in [6.07, 6.45) is 0. The van der Waals surface area contributed by atoms with Crippen molar-refractivity contribution >= 4 is 19.2 Å². The molecular weight excluding hydrogens is 139 g/mol. The molecule has 0 spiro atoms. The summed E-state index contributed by atoms with van der Waals surface area (Å²) in [5.41, 5.74) is 1.82. The van der Waals surface area contributed by atoms with Gasteiger partial charge in [0, 0.05) is 0 Å². The smallest absolute Gasteiger partial charge is 0.175 e. The van der Waals surface area contributed by atoms with Crippen LogP contribution in [0.25, 0.3) is 5.65 Å².